The lowest BCUT2D eigenvalue weighted by atomic mass is 10.0. The van der Waals surface area contributed by atoms with Crippen molar-refractivity contribution in [2.45, 2.75) is 46.8 Å². The first kappa shape index (κ1) is 20.2. The number of carbonyl (C=O) groups is 1. The summed E-state index contributed by atoms with van der Waals surface area (Å²) in [4.78, 5) is 13.4. The Bertz CT molecular complexity index is 923. The van der Waals surface area contributed by atoms with Gasteiger partial charge in [0.2, 0.25) is 0 Å². The molecule has 3 rings (SSSR count). The van der Waals surface area contributed by atoms with E-state index in [1.165, 1.54) is 16.9 Å². The van der Waals surface area contributed by atoms with E-state index in [2.05, 4.69) is 45.1 Å². The zero-order valence-corrected chi connectivity index (χ0v) is 17.7. The van der Waals surface area contributed by atoms with Crippen molar-refractivity contribution in [3.8, 4) is 5.75 Å². The maximum absolute atomic E-state index is 12.7. The number of hydrogen-bond donors (Lipinski definition) is 1. The summed E-state index contributed by atoms with van der Waals surface area (Å²) in [5.41, 5.74) is 5.66. The molecule has 1 N–H and O–H groups in total. The first-order valence-electron chi connectivity index (χ1n) is 9.61. The van der Waals surface area contributed by atoms with Crippen LogP contribution in [0.4, 0.5) is 0 Å². The van der Waals surface area contributed by atoms with Crippen molar-refractivity contribution in [1.82, 2.24) is 5.32 Å². The predicted octanol–water partition coefficient (Wildman–Crippen LogP) is 6.13. The molecule has 4 heteroatoms. The van der Waals surface area contributed by atoms with E-state index >= 15 is 0 Å². The highest BCUT2D eigenvalue weighted by molar-refractivity contribution is 7.12. The van der Waals surface area contributed by atoms with E-state index in [0.29, 0.717) is 11.5 Å². The molecule has 1 amide bonds. The normalized spacial score (nSPS) is 11.9. The van der Waals surface area contributed by atoms with Gasteiger partial charge < -0.3 is 10.1 Å². The Kier molecular flexibility index (Phi) is 6.53. The number of ether oxygens (including phenoxy) is 1. The zero-order chi connectivity index (χ0) is 20.1. The molecule has 0 radical (unpaired) electrons. The molecule has 0 fully saturated rings. The van der Waals surface area contributed by atoms with E-state index in [9.17, 15) is 4.79 Å². The van der Waals surface area contributed by atoms with Crippen molar-refractivity contribution >= 4 is 17.2 Å². The van der Waals surface area contributed by atoms with Gasteiger partial charge >= 0.3 is 0 Å². The molecule has 0 aliphatic heterocycles. The molecule has 28 heavy (non-hydrogen) atoms. The van der Waals surface area contributed by atoms with Crippen LogP contribution in [0.3, 0.4) is 0 Å². The van der Waals surface area contributed by atoms with Crippen molar-refractivity contribution in [1.29, 1.82) is 0 Å². The van der Waals surface area contributed by atoms with Crippen LogP contribution in [-0.4, -0.2) is 5.91 Å². The van der Waals surface area contributed by atoms with Crippen molar-refractivity contribution in [3.05, 3.63) is 86.6 Å². The van der Waals surface area contributed by atoms with Crippen molar-refractivity contribution in [2.75, 3.05) is 0 Å². The number of nitrogens with one attached hydrogen (secondary N) is 1. The van der Waals surface area contributed by atoms with Gasteiger partial charge in [-0.25, -0.2) is 0 Å². The average molecular weight is 394 g/mol. The topological polar surface area (TPSA) is 38.3 Å². The van der Waals surface area contributed by atoms with Crippen LogP contribution in [0.1, 0.15) is 56.9 Å². The molecule has 0 aliphatic rings. The van der Waals surface area contributed by atoms with Crippen molar-refractivity contribution in [2.24, 2.45) is 0 Å². The minimum absolute atomic E-state index is 0.0216. The minimum Gasteiger partial charge on any atom is -0.488 e. The van der Waals surface area contributed by atoms with Gasteiger partial charge in [-0.15, -0.1) is 11.3 Å². The Balaban J connectivity index is 1.64. The number of aryl methyl sites for hydroxylation is 3. The van der Waals surface area contributed by atoms with E-state index in [1.807, 2.05) is 41.8 Å². The van der Waals surface area contributed by atoms with Crippen LogP contribution in [0.5, 0.6) is 5.75 Å². The fourth-order valence-electron chi connectivity index (χ4n) is 3.46. The lowest BCUT2D eigenvalue weighted by Crippen LogP contribution is -2.27. The molecule has 0 aliphatic carbocycles. The third kappa shape index (κ3) is 4.82. The van der Waals surface area contributed by atoms with Gasteiger partial charge in [0.05, 0.1) is 10.9 Å². The third-order valence-corrected chi connectivity index (χ3v) is 5.76. The summed E-state index contributed by atoms with van der Waals surface area (Å²) in [6, 6.07) is 16.3. The minimum atomic E-state index is -0.0327. The van der Waals surface area contributed by atoms with E-state index in [1.54, 1.807) is 0 Å². The standard InChI is InChI=1S/C24H27NO2S/c1-5-21(20-9-7-6-8-10-20)25-24(26)22-13-19(15-28-22)14-27-23-17(3)11-16(2)12-18(23)4/h6-13,15,21H,5,14H2,1-4H3,(H,25,26). The van der Waals surface area contributed by atoms with Gasteiger partial charge in [0.25, 0.3) is 5.91 Å². The second kappa shape index (κ2) is 9.07. The van der Waals surface area contributed by atoms with Crippen LogP contribution >= 0.6 is 11.3 Å². The summed E-state index contributed by atoms with van der Waals surface area (Å²) >= 11 is 1.46. The fraction of sp³-hybridized carbons (Fsp3) is 0.292. The molecular weight excluding hydrogens is 366 g/mol. The van der Waals surface area contributed by atoms with E-state index in [-0.39, 0.29) is 11.9 Å². The molecule has 0 saturated heterocycles. The molecule has 2 aromatic carbocycles. The second-order valence-electron chi connectivity index (χ2n) is 7.18. The highest BCUT2D eigenvalue weighted by Crippen LogP contribution is 2.26. The Morgan fingerprint density at radius 1 is 1.07 bits per heavy atom. The Hall–Kier alpha value is -2.59. The predicted molar refractivity (Wildman–Crippen MR) is 116 cm³/mol. The molecule has 1 heterocycles. The van der Waals surface area contributed by atoms with Gasteiger partial charge in [-0.1, -0.05) is 55.0 Å². The number of hydrogen-bond acceptors (Lipinski definition) is 3. The van der Waals surface area contributed by atoms with Crippen molar-refractivity contribution in [3.63, 3.8) is 0 Å². The van der Waals surface area contributed by atoms with Crippen LogP contribution in [0, 0.1) is 20.8 Å². The van der Waals surface area contributed by atoms with Crippen LogP contribution in [0.2, 0.25) is 0 Å². The summed E-state index contributed by atoms with van der Waals surface area (Å²) < 4.78 is 6.05. The number of thiophene rings is 1. The summed E-state index contributed by atoms with van der Waals surface area (Å²) in [5.74, 6) is 0.896. The van der Waals surface area contributed by atoms with Crippen LogP contribution < -0.4 is 10.1 Å². The molecule has 0 bridgehead atoms. The second-order valence-corrected chi connectivity index (χ2v) is 8.09. The molecule has 3 nitrogen and oxygen atoms in total. The summed E-state index contributed by atoms with van der Waals surface area (Å²) in [7, 11) is 0. The smallest absolute Gasteiger partial charge is 0.261 e. The van der Waals surface area contributed by atoms with Gasteiger partial charge in [-0.2, -0.15) is 0 Å². The maximum Gasteiger partial charge on any atom is 0.261 e. The van der Waals surface area contributed by atoms with Gasteiger partial charge in [0.15, 0.2) is 0 Å². The lowest BCUT2D eigenvalue weighted by molar-refractivity contribution is 0.0939. The molecule has 1 atom stereocenters. The Labute approximate surface area is 171 Å². The molecule has 1 aromatic heterocycles. The van der Waals surface area contributed by atoms with Crippen molar-refractivity contribution < 1.29 is 9.53 Å². The van der Waals surface area contributed by atoms with E-state index in [4.69, 9.17) is 4.74 Å². The Morgan fingerprint density at radius 3 is 2.39 bits per heavy atom. The van der Waals surface area contributed by atoms with Gasteiger partial charge in [-0.3, -0.25) is 4.79 Å². The fourth-order valence-corrected chi connectivity index (χ4v) is 4.26. The molecule has 3 aromatic rings. The molecular formula is C24H27NO2S. The number of rotatable bonds is 7. The first-order chi connectivity index (χ1) is 13.5. The summed E-state index contributed by atoms with van der Waals surface area (Å²) in [6.07, 6.45) is 0.850. The molecule has 146 valence electrons. The third-order valence-electron chi connectivity index (χ3n) is 4.78. The largest absolute Gasteiger partial charge is 0.488 e. The molecule has 0 saturated carbocycles. The number of amides is 1. The molecule has 1 unspecified atom stereocenters. The van der Waals surface area contributed by atoms with Gasteiger partial charge in [0, 0.05) is 5.56 Å². The monoisotopic (exact) mass is 393 g/mol. The van der Waals surface area contributed by atoms with E-state index in [0.717, 1.165) is 34.4 Å². The van der Waals surface area contributed by atoms with Gasteiger partial charge in [0.1, 0.15) is 12.4 Å². The van der Waals surface area contributed by atoms with Crippen LogP contribution in [0.15, 0.2) is 53.9 Å². The zero-order valence-electron chi connectivity index (χ0n) is 16.9. The van der Waals surface area contributed by atoms with E-state index < -0.39 is 0 Å². The van der Waals surface area contributed by atoms with Gasteiger partial charge in [-0.05, 0) is 55.3 Å². The quantitative estimate of drug-likeness (QED) is 0.524. The SMILES string of the molecule is CCC(NC(=O)c1cc(COc2c(C)cc(C)cc2C)cs1)c1ccccc1. The van der Waals surface area contributed by atoms with Crippen LogP contribution in [0.25, 0.3) is 0 Å². The van der Waals surface area contributed by atoms with Crippen LogP contribution in [-0.2, 0) is 6.61 Å². The number of benzene rings is 2. The molecule has 0 spiro atoms. The highest BCUT2D eigenvalue weighted by atomic mass is 32.1. The highest BCUT2D eigenvalue weighted by Gasteiger charge is 2.16. The summed E-state index contributed by atoms with van der Waals surface area (Å²) in [5, 5.41) is 5.14. The summed E-state index contributed by atoms with van der Waals surface area (Å²) in [6.45, 7) is 8.77. The maximum atomic E-state index is 12.7. The lowest BCUT2D eigenvalue weighted by Gasteiger charge is -2.16. The Morgan fingerprint density at radius 2 is 1.75 bits per heavy atom. The average Bonchev–Trinajstić information content (AvgIpc) is 3.15. The number of carbonyl (C=O) groups excluding carboxylic acids is 1. The first-order valence-corrected chi connectivity index (χ1v) is 10.5.